The van der Waals surface area contributed by atoms with Crippen molar-refractivity contribution in [3.05, 3.63) is 149 Å². The van der Waals surface area contributed by atoms with E-state index in [4.69, 9.17) is 32.5 Å². The van der Waals surface area contributed by atoms with E-state index in [1.165, 1.54) is 11.8 Å². The largest absolute Gasteiger partial charge is 0.500 e. The summed E-state index contributed by atoms with van der Waals surface area (Å²) >= 11 is 1.69. The molecule has 0 unspecified atom stereocenters. The Morgan fingerprint density at radius 3 is 1.56 bits per heavy atom. The number of morpholine rings is 1. The summed E-state index contributed by atoms with van der Waals surface area (Å²) in [5, 5.41) is 1.15. The van der Waals surface area contributed by atoms with Crippen molar-refractivity contribution in [1.29, 1.82) is 0 Å². The van der Waals surface area contributed by atoms with E-state index in [-0.39, 0.29) is 36.1 Å². The molecule has 2 N–H and O–H groups in total. The first-order valence-corrected chi connectivity index (χ1v) is 30.6. The quantitative estimate of drug-likeness (QED) is 0.0151. The van der Waals surface area contributed by atoms with Crippen molar-refractivity contribution in [3.8, 4) is 0 Å². The van der Waals surface area contributed by atoms with Crippen LogP contribution in [0.4, 0.5) is 0 Å². The van der Waals surface area contributed by atoms with Gasteiger partial charge in [-0.25, -0.2) is 14.2 Å². The Balaban J connectivity index is 0.000000509. The van der Waals surface area contributed by atoms with Gasteiger partial charge in [0.05, 0.1) is 32.0 Å². The Morgan fingerprint density at radius 1 is 0.720 bits per heavy atom. The third-order valence-electron chi connectivity index (χ3n) is 11.2. The SMILES string of the molecule is C=C(C)C(=O)OCCC[Si](OC)(OC)OC.C=C(C)C(=O)OCCOP(=O)(O)O.CC.CSc1ccc(C(=O)C(C)(C)N2CCOCC2)cc1.Cc1cc(C)c(C(=O)P(=O)(c2ccccc2)c2ccccc2)c(C)c1. The van der Waals surface area contributed by atoms with Gasteiger partial charge in [-0.15, -0.1) is 11.8 Å². The molecule has 0 amide bonds. The van der Waals surface area contributed by atoms with Crippen molar-refractivity contribution < 1.29 is 70.1 Å². The summed E-state index contributed by atoms with van der Waals surface area (Å²) in [7, 11) is -5.77. The van der Waals surface area contributed by atoms with Crippen LogP contribution in [0.5, 0.6) is 0 Å². The number of thioether (sulfide) groups is 1. The summed E-state index contributed by atoms with van der Waals surface area (Å²) in [6.07, 6.45) is 2.68. The van der Waals surface area contributed by atoms with Gasteiger partial charge in [0.1, 0.15) is 6.61 Å². The number of phosphoric ester groups is 1. The van der Waals surface area contributed by atoms with Crippen LogP contribution in [0.3, 0.4) is 0 Å². The molecule has 0 atom stereocenters. The highest BCUT2D eigenvalue weighted by Crippen LogP contribution is 2.48. The number of aryl methyl sites for hydroxylation is 3. The third-order valence-corrected chi connectivity index (χ3v) is 18.1. The molecule has 20 heteroatoms. The molecule has 4 aromatic rings. The molecule has 0 spiro atoms. The van der Waals surface area contributed by atoms with E-state index in [1.807, 2.05) is 128 Å². The Kier molecular flexibility index (Phi) is 31.2. The Morgan fingerprint density at radius 2 is 1.16 bits per heavy atom. The lowest BCUT2D eigenvalue weighted by molar-refractivity contribution is -0.140. The molecule has 0 radical (unpaired) electrons. The third kappa shape index (κ3) is 22.5. The second-order valence-corrected chi connectivity index (χ2v) is 25.0. The zero-order valence-electron chi connectivity index (χ0n) is 46.0. The fourth-order valence-corrected chi connectivity index (χ4v) is 12.3. The highest BCUT2D eigenvalue weighted by Gasteiger charge is 2.39. The second-order valence-electron chi connectivity index (χ2n) is 17.1. The van der Waals surface area contributed by atoms with E-state index >= 15 is 0 Å². The van der Waals surface area contributed by atoms with E-state index in [9.17, 15) is 28.3 Å². The maximum atomic E-state index is 14.2. The smallest absolute Gasteiger partial charge is 0.462 e. The van der Waals surface area contributed by atoms with Crippen LogP contribution in [0.15, 0.2) is 126 Å². The molecular weight excluding hydrogens is 1040 g/mol. The fourth-order valence-electron chi connectivity index (χ4n) is 7.24. The molecule has 1 saturated heterocycles. The average Bonchev–Trinajstić information content (AvgIpc) is 3.40. The van der Waals surface area contributed by atoms with Gasteiger partial charge in [0, 0.05) is 78.2 Å². The van der Waals surface area contributed by atoms with Crippen LogP contribution >= 0.6 is 26.7 Å². The number of nitrogens with zero attached hydrogens (tertiary/aromatic N) is 1. The zero-order chi connectivity index (χ0) is 57.0. The van der Waals surface area contributed by atoms with E-state index in [2.05, 4.69) is 27.3 Å². The molecular formula is C55H79NO15P2SSi. The standard InChI is InChI=1S/C22H21O2P.C15H21NO2S.C10H20O5Si.C6H11O6P.C2H6/c1-16-14-17(2)21(18(3)15-16)22(23)25(24,19-10-6-4-7-11-19)20-12-8-5-9-13-20;1-15(2,16-8-10-18-11-9-16)14(17)12-4-6-13(19-3)7-5-12;1-9(2)10(11)15-7-6-8-16(12-3,13-4)14-5;1-5(2)6(7)11-3-4-12-13(8,9)10;1-2/h4-15H,1-3H3;4-7H,8-11H2,1-3H3;1,6-8H2,2-5H3;1,3-4H2,2H3,(H2,8,9,10);1-2H3. The van der Waals surface area contributed by atoms with Crippen LogP contribution in [-0.4, -0.2) is 126 Å². The van der Waals surface area contributed by atoms with Crippen LogP contribution in [0.1, 0.15) is 85.4 Å². The molecule has 0 saturated carbocycles. The minimum absolute atomic E-state index is 0.182. The summed E-state index contributed by atoms with van der Waals surface area (Å²) in [6, 6.07) is 30.6. The normalized spacial score (nSPS) is 12.6. The lowest BCUT2D eigenvalue weighted by Crippen LogP contribution is -2.54. The number of carbonyl (C=O) groups excluding carboxylic acids is 4. The Labute approximate surface area is 450 Å². The number of Topliss-reactive ketones (excluding diaryl/α,β-unsaturated/α-hetero) is 1. The molecule has 0 aromatic heterocycles. The van der Waals surface area contributed by atoms with Gasteiger partial charge in [0.25, 0.3) is 0 Å². The van der Waals surface area contributed by atoms with E-state index in [1.54, 1.807) is 64.3 Å². The van der Waals surface area contributed by atoms with E-state index < -0.39 is 35.3 Å². The maximum Gasteiger partial charge on any atom is 0.500 e. The van der Waals surface area contributed by atoms with Crippen molar-refractivity contribution in [3.63, 3.8) is 0 Å². The number of ketones is 1. The van der Waals surface area contributed by atoms with Crippen molar-refractivity contribution >= 4 is 69.4 Å². The van der Waals surface area contributed by atoms with E-state index in [0.29, 0.717) is 54.0 Å². The number of ether oxygens (including phenoxy) is 3. The van der Waals surface area contributed by atoms with Gasteiger partial charge < -0.3 is 41.8 Å². The lowest BCUT2D eigenvalue weighted by atomic mass is 9.91. The number of phosphoric acid groups is 1. The van der Waals surface area contributed by atoms with Gasteiger partial charge in [0.15, 0.2) is 5.78 Å². The number of esters is 2. The summed E-state index contributed by atoms with van der Waals surface area (Å²) < 4.78 is 58.8. The summed E-state index contributed by atoms with van der Waals surface area (Å²) in [4.78, 5) is 67.8. The Bertz CT molecular complexity index is 2450. The van der Waals surface area contributed by atoms with Gasteiger partial charge >= 0.3 is 28.6 Å². The predicted octanol–water partition coefficient (Wildman–Crippen LogP) is 10.1. The summed E-state index contributed by atoms with van der Waals surface area (Å²) in [6.45, 7) is 26.5. The van der Waals surface area contributed by atoms with Crippen LogP contribution in [0.2, 0.25) is 6.04 Å². The predicted molar refractivity (Wildman–Crippen MR) is 301 cm³/mol. The van der Waals surface area contributed by atoms with Crippen molar-refractivity contribution in [1.82, 2.24) is 4.90 Å². The second kappa shape index (κ2) is 34.2. The lowest BCUT2D eigenvalue weighted by Gasteiger charge is -2.39. The number of hydrogen-bond acceptors (Lipinski definition) is 15. The molecule has 0 bridgehead atoms. The number of carbonyl (C=O) groups is 4. The first kappa shape index (κ1) is 68.4. The highest BCUT2D eigenvalue weighted by molar-refractivity contribution is 7.98. The van der Waals surface area contributed by atoms with E-state index in [0.717, 1.165) is 35.3 Å². The van der Waals surface area contributed by atoms with Gasteiger partial charge in [-0.05, 0) is 84.4 Å². The van der Waals surface area contributed by atoms with Crippen molar-refractivity contribution in [2.24, 2.45) is 0 Å². The zero-order valence-corrected chi connectivity index (χ0v) is 49.6. The summed E-state index contributed by atoms with van der Waals surface area (Å²) in [5.74, 6) is -0.809. The van der Waals surface area contributed by atoms with Crippen molar-refractivity contribution in [2.75, 3.05) is 73.7 Å². The van der Waals surface area contributed by atoms with Crippen LogP contribution in [0.25, 0.3) is 0 Å². The van der Waals surface area contributed by atoms with Crippen LogP contribution in [0, 0.1) is 20.8 Å². The minimum atomic E-state index is -4.46. The van der Waals surface area contributed by atoms with Gasteiger partial charge in [-0.2, -0.15) is 0 Å². The molecule has 4 aromatic carbocycles. The van der Waals surface area contributed by atoms with Gasteiger partial charge in [0.2, 0.25) is 12.7 Å². The number of hydrogen-bond donors (Lipinski definition) is 2. The Hall–Kier alpha value is -4.65. The van der Waals surface area contributed by atoms with Crippen LogP contribution < -0.4 is 10.6 Å². The monoisotopic (exact) mass is 1120 g/mol. The average molecular weight is 1120 g/mol. The number of rotatable bonds is 21. The number of benzene rings is 4. The molecule has 75 heavy (non-hydrogen) atoms. The molecule has 414 valence electrons. The van der Waals surface area contributed by atoms with Gasteiger partial charge in [-0.3, -0.25) is 19.0 Å². The molecule has 1 heterocycles. The highest BCUT2D eigenvalue weighted by atomic mass is 32.2. The molecule has 5 rings (SSSR count). The molecule has 0 aliphatic carbocycles. The molecule has 16 nitrogen and oxygen atoms in total. The molecule has 1 fully saturated rings. The molecule has 1 aliphatic rings. The topological polar surface area (TPSA) is 211 Å². The first-order valence-electron chi connectivity index (χ1n) is 24.2. The van der Waals surface area contributed by atoms with Crippen LogP contribution in [-0.2, 0) is 50.7 Å². The summed E-state index contributed by atoms with van der Waals surface area (Å²) in [5.41, 5.74) is 4.05. The molecule has 1 aliphatic heterocycles. The van der Waals surface area contributed by atoms with Crippen molar-refractivity contribution in [2.45, 2.75) is 85.2 Å². The minimum Gasteiger partial charge on any atom is -0.462 e. The maximum absolute atomic E-state index is 14.2. The van der Waals surface area contributed by atoms with Gasteiger partial charge in [-0.1, -0.05) is 117 Å². The first-order chi connectivity index (χ1) is 35.3. The fraction of sp³-hybridized carbons (Fsp3) is 0.418.